The van der Waals surface area contributed by atoms with Gasteiger partial charge in [0, 0.05) is 10.4 Å². The van der Waals surface area contributed by atoms with Crippen LogP contribution in [0.2, 0.25) is 5.02 Å². The zero-order chi connectivity index (χ0) is 9.68. The first kappa shape index (κ1) is 10.8. The van der Waals surface area contributed by atoms with Crippen LogP contribution >= 0.6 is 27.5 Å². The van der Waals surface area contributed by atoms with Crippen molar-refractivity contribution in [3.63, 3.8) is 0 Å². The second-order valence-electron chi connectivity index (χ2n) is 2.87. The molecule has 0 saturated heterocycles. The van der Waals surface area contributed by atoms with Crippen LogP contribution in [0.4, 0.5) is 0 Å². The van der Waals surface area contributed by atoms with Crippen LogP contribution in [-0.2, 0) is 0 Å². The van der Waals surface area contributed by atoms with Gasteiger partial charge in [0.1, 0.15) is 0 Å². The highest BCUT2D eigenvalue weighted by Crippen LogP contribution is 2.17. The molecule has 1 rings (SSSR count). The van der Waals surface area contributed by atoms with E-state index in [2.05, 4.69) is 28.9 Å². The van der Waals surface area contributed by atoms with Gasteiger partial charge in [-0.1, -0.05) is 45.7 Å². The Morgan fingerprint density at radius 1 is 1.38 bits per heavy atom. The van der Waals surface area contributed by atoms with E-state index in [0.717, 1.165) is 16.8 Å². The minimum absolute atomic E-state index is 0.789. The molecule has 0 amide bonds. The lowest BCUT2D eigenvalue weighted by atomic mass is 10.1. The first-order valence-electron chi connectivity index (χ1n) is 4.22. The van der Waals surface area contributed by atoms with Crippen LogP contribution in [-0.4, -0.2) is 5.33 Å². The van der Waals surface area contributed by atoms with Crippen LogP contribution in [0.1, 0.15) is 18.9 Å². The summed E-state index contributed by atoms with van der Waals surface area (Å²) >= 11 is 9.19. The Balaban J connectivity index is 2.77. The van der Waals surface area contributed by atoms with Crippen molar-refractivity contribution in [2.24, 2.45) is 0 Å². The molecule has 0 saturated carbocycles. The Bertz CT molecular complexity index is 287. The molecule has 0 heterocycles. The molecule has 0 aliphatic rings. The predicted octanol–water partition coefficient (Wildman–Crippen LogP) is 4.53. The molecule has 0 aliphatic carbocycles. The maximum atomic E-state index is 5.79. The molecular weight excluding hydrogens is 247 g/mol. The van der Waals surface area contributed by atoms with Crippen LogP contribution in [0.25, 0.3) is 5.57 Å². The molecule has 70 valence electrons. The van der Waals surface area contributed by atoms with Gasteiger partial charge in [-0.15, -0.1) is 0 Å². The lowest BCUT2D eigenvalue weighted by Gasteiger charge is -2.00. The van der Waals surface area contributed by atoms with E-state index in [0.29, 0.717) is 0 Å². The van der Waals surface area contributed by atoms with E-state index >= 15 is 0 Å². The van der Waals surface area contributed by atoms with E-state index in [1.807, 2.05) is 24.3 Å². The third-order valence-corrected chi connectivity index (χ3v) is 2.57. The highest BCUT2D eigenvalue weighted by Gasteiger charge is 1.94. The number of hydrogen-bond acceptors (Lipinski definition) is 0. The van der Waals surface area contributed by atoms with Crippen molar-refractivity contribution in [3.05, 3.63) is 40.9 Å². The average molecular weight is 260 g/mol. The summed E-state index contributed by atoms with van der Waals surface area (Å²) < 4.78 is 0. The van der Waals surface area contributed by atoms with Crippen LogP contribution in [0.15, 0.2) is 30.3 Å². The Morgan fingerprint density at radius 2 is 2.00 bits per heavy atom. The van der Waals surface area contributed by atoms with E-state index in [9.17, 15) is 0 Å². The van der Waals surface area contributed by atoms with Crippen molar-refractivity contribution < 1.29 is 0 Å². The van der Waals surface area contributed by atoms with Gasteiger partial charge in [-0.25, -0.2) is 0 Å². The lowest BCUT2D eigenvalue weighted by molar-refractivity contribution is 1.26. The average Bonchev–Trinajstić information content (AvgIpc) is 2.15. The Labute approximate surface area is 92.7 Å². The third kappa shape index (κ3) is 3.53. The minimum atomic E-state index is 0.789. The van der Waals surface area contributed by atoms with Crippen LogP contribution in [0.5, 0.6) is 0 Å². The van der Waals surface area contributed by atoms with E-state index in [4.69, 9.17) is 11.6 Å². The van der Waals surface area contributed by atoms with Crippen LogP contribution < -0.4 is 0 Å². The first-order valence-corrected chi connectivity index (χ1v) is 5.72. The van der Waals surface area contributed by atoms with E-state index in [-0.39, 0.29) is 0 Å². The number of alkyl halides is 1. The molecule has 0 nitrogen and oxygen atoms in total. The van der Waals surface area contributed by atoms with Gasteiger partial charge in [0.25, 0.3) is 0 Å². The largest absolute Gasteiger partial charge is 0.0925 e. The Morgan fingerprint density at radius 3 is 2.54 bits per heavy atom. The molecule has 0 bridgehead atoms. The third-order valence-electron chi connectivity index (χ3n) is 1.86. The molecule has 0 fully saturated rings. The minimum Gasteiger partial charge on any atom is -0.0925 e. The SMILES string of the molecule is C/C(=C/CCBr)c1ccc(Cl)cc1. The van der Waals surface area contributed by atoms with Crippen molar-refractivity contribution >= 4 is 33.1 Å². The smallest absolute Gasteiger partial charge is 0.0406 e. The van der Waals surface area contributed by atoms with Gasteiger partial charge >= 0.3 is 0 Å². The summed E-state index contributed by atoms with van der Waals surface area (Å²) in [5, 5.41) is 1.80. The Kier molecular flexibility index (Phi) is 4.54. The number of hydrogen-bond donors (Lipinski definition) is 0. The molecule has 0 unspecified atom stereocenters. The molecule has 0 radical (unpaired) electrons. The molecule has 0 N–H and O–H groups in total. The van der Waals surface area contributed by atoms with E-state index in [1.54, 1.807) is 0 Å². The fraction of sp³-hybridized carbons (Fsp3) is 0.273. The highest BCUT2D eigenvalue weighted by atomic mass is 79.9. The number of halogens is 2. The summed E-state index contributed by atoms with van der Waals surface area (Å²) in [7, 11) is 0. The van der Waals surface area contributed by atoms with Crippen molar-refractivity contribution in [3.8, 4) is 0 Å². The zero-order valence-electron chi connectivity index (χ0n) is 7.56. The second kappa shape index (κ2) is 5.46. The summed E-state index contributed by atoms with van der Waals surface area (Å²) in [6.07, 6.45) is 3.28. The molecule has 13 heavy (non-hydrogen) atoms. The summed E-state index contributed by atoms with van der Waals surface area (Å²) in [5.41, 5.74) is 2.54. The molecule has 1 aromatic carbocycles. The maximum absolute atomic E-state index is 5.79. The summed E-state index contributed by atoms with van der Waals surface area (Å²) in [6.45, 7) is 2.12. The quantitative estimate of drug-likeness (QED) is 0.700. The van der Waals surface area contributed by atoms with Gasteiger partial charge in [-0.3, -0.25) is 0 Å². The fourth-order valence-corrected chi connectivity index (χ4v) is 1.46. The van der Waals surface area contributed by atoms with Gasteiger partial charge in [0.05, 0.1) is 0 Å². The van der Waals surface area contributed by atoms with Crippen molar-refractivity contribution in [1.29, 1.82) is 0 Å². The number of rotatable bonds is 3. The standard InChI is InChI=1S/C11H12BrCl/c1-9(3-2-8-12)10-4-6-11(13)7-5-10/h3-7H,2,8H2,1H3/b9-3-. The van der Waals surface area contributed by atoms with Gasteiger partial charge in [0.2, 0.25) is 0 Å². The summed E-state index contributed by atoms with van der Waals surface area (Å²) in [4.78, 5) is 0. The van der Waals surface area contributed by atoms with Crippen LogP contribution in [0, 0.1) is 0 Å². The number of benzene rings is 1. The molecule has 0 atom stereocenters. The molecule has 0 aliphatic heterocycles. The molecular formula is C11H12BrCl. The predicted molar refractivity (Wildman–Crippen MR) is 63.5 cm³/mol. The fourth-order valence-electron chi connectivity index (χ4n) is 1.10. The van der Waals surface area contributed by atoms with Crippen LogP contribution in [0.3, 0.4) is 0 Å². The maximum Gasteiger partial charge on any atom is 0.0406 e. The molecule has 0 spiro atoms. The number of allylic oxidation sites excluding steroid dienone is 2. The lowest BCUT2D eigenvalue weighted by Crippen LogP contribution is -1.79. The molecule has 1 aromatic rings. The second-order valence-corrected chi connectivity index (χ2v) is 4.10. The van der Waals surface area contributed by atoms with E-state index < -0.39 is 0 Å². The monoisotopic (exact) mass is 258 g/mol. The summed E-state index contributed by atoms with van der Waals surface area (Å²) in [5.74, 6) is 0. The topological polar surface area (TPSA) is 0 Å². The van der Waals surface area contributed by atoms with Gasteiger partial charge in [0.15, 0.2) is 0 Å². The normalized spacial score (nSPS) is 11.8. The van der Waals surface area contributed by atoms with Crippen molar-refractivity contribution in [2.45, 2.75) is 13.3 Å². The van der Waals surface area contributed by atoms with Crippen molar-refractivity contribution in [2.75, 3.05) is 5.33 Å². The molecule has 0 aromatic heterocycles. The molecule has 2 heteroatoms. The summed E-state index contributed by atoms with van der Waals surface area (Å²) in [6, 6.07) is 7.93. The van der Waals surface area contributed by atoms with E-state index in [1.165, 1.54) is 11.1 Å². The van der Waals surface area contributed by atoms with Gasteiger partial charge in [-0.2, -0.15) is 0 Å². The first-order chi connectivity index (χ1) is 6.24. The highest BCUT2D eigenvalue weighted by molar-refractivity contribution is 9.09. The van der Waals surface area contributed by atoms with Crippen molar-refractivity contribution in [1.82, 2.24) is 0 Å². The Hall–Kier alpha value is -0.270. The van der Waals surface area contributed by atoms with Gasteiger partial charge in [-0.05, 0) is 36.6 Å². The zero-order valence-corrected chi connectivity index (χ0v) is 9.90. The van der Waals surface area contributed by atoms with Gasteiger partial charge < -0.3 is 0 Å².